The van der Waals surface area contributed by atoms with Gasteiger partial charge in [-0.1, -0.05) is 0 Å². The predicted molar refractivity (Wildman–Crippen MR) is 37.9 cm³/mol. The fourth-order valence-electron chi connectivity index (χ4n) is 1.71. The molecule has 1 unspecified atom stereocenters. The number of nitrogens with one attached hydrogen (secondary N) is 1. The Hall–Kier alpha value is -0.370. The molecule has 2 rings (SSSR count). The van der Waals surface area contributed by atoms with Gasteiger partial charge in [0.25, 0.3) is 0 Å². The van der Waals surface area contributed by atoms with E-state index in [1.54, 1.807) is 0 Å². The van der Waals surface area contributed by atoms with Gasteiger partial charge in [-0.05, 0) is 32.0 Å². The van der Waals surface area contributed by atoms with Gasteiger partial charge >= 0.3 is 0 Å². The van der Waals surface area contributed by atoms with Crippen LogP contribution in [-0.2, 0) is 0 Å². The van der Waals surface area contributed by atoms with Crippen LogP contribution in [0.1, 0.15) is 19.3 Å². The van der Waals surface area contributed by atoms with Crippen LogP contribution in [0.2, 0.25) is 0 Å². The van der Waals surface area contributed by atoms with Crippen LogP contribution in [0.4, 0.5) is 0 Å². The van der Waals surface area contributed by atoms with Crippen LogP contribution >= 0.6 is 0 Å². The minimum atomic E-state index is 0.347. The van der Waals surface area contributed by atoms with Gasteiger partial charge in [-0.25, -0.2) is 0 Å². The minimum Gasteiger partial charge on any atom is -0.314 e. The van der Waals surface area contributed by atoms with Crippen molar-refractivity contribution >= 4 is 6.21 Å². The molecule has 0 bridgehead atoms. The van der Waals surface area contributed by atoms with Gasteiger partial charge in [0, 0.05) is 6.54 Å². The number of aliphatic imine (C=N–C) groups is 1. The lowest BCUT2D eigenvalue weighted by molar-refractivity contribution is 0.471. The molecule has 0 aromatic heterocycles. The highest BCUT2D eigenvalue weighted by Crippen LogP contribution is 2.28. The molecule has 0 aromatic carbocycles. The van der Waals surface area contributed by atoms with Crippen molar-refractivity contribution in [3.8, 4) is 0 Å². The molecular formula is C7H12N2. The van der Waals surface area contributed by atoms with Crippen LogP contribution < -0.4 is 5.32 Å². The van der Waals surface area contributed by atoms with Gasteiger partial charge in [0.05, 0.1) is 5.54 Å². The van der Waals surface area contributed by atoms with E-state index in [1.165, 1.54) is 19.3 Å². The highest BCUT2D eigenvalue weighted by molar-refractivity contribution is 5.61. The molecule has 9 heavy (non-hydrogen) atoms. The number of hydrogen-bond donors (Lipinski definition) is 1. The lowest BCUT2D eigenvalue weighted by atomic mass is 9.97. The Morgan fingerprint density at radius 1 is 1.44 bits per heavy atom. The molecular weight excluding hydrogens is 112 g/mol. The molecule has 0 saturated carbocycles. The van der Waals surface area contributed by atoms with Crippen molar-refractivity contribution in [2.75, 3.05) is 13.1 Å². The zero-order valence-corrected chi connectivity index (χ0v) is 5.56. The van der Waals surface area contributed by atoms with Crippen LogP contribution in [0.15, 0.2) is 4.99 Å². The highest BCUT2D eigenvalue weighted by atomic mass is 15.0. The maximum Gasteiger partial charge on any atom is 0.0743 e. The molecule has 1 saturated heterocycles. The van der Waals surface area contributed by atoms with Crippen molar-refractivity contribution in [2.24, 2.45) is 4.99 Å². The summed E-state index contributed by atoms with van der Waals surface area (Å²) in [5, 5.41) is 3.34. The molecule has 1 atom stereocenters. The minimum absolute atomic E-state index is 0.347. The fourth-order valence-corrected chi connectivity index (χ4v) is 1.71. The van der Waals surface area contributed by atoms with Gasteiger partial charge in [0.2, 0.25) is 0 Å². The standard InChI is InChI=1S/C7H12N2/c1-2-7(9-4-1)3-5-8-6-7/h4,8H,1-3,5-6H2. The Morgan fingerprint density at radius 2 is 2.44 bits per heavy atom. The highest BCUT2D eigenvalue weighted by Gasteiger charge is 2.34. The molecule has 1 fully saturated rings. The Labute approximate surface area is 55.4 Å². The first-order valence-corrected chi connectivity index (χ1v) is 3.66. The summed E-state index contributed by atoms with van der Waals surface area (Å²) in [6.07, 6.45) is 5.80. The van der Waals surface area contributed by atoms with Crippen molar-refractivity contribution in [1.29, 1.82) is 0 Å². The molecule has 0 amide bonds. The van der Waals surface area contributed by atoms with E-state index in [4.69, 9.17) is 0 Å². The van der Waals surface area contributed by atoms with Gasteiger partial charge in [0.15, 0.2) is 0 Å². The molecule has 0 aromatic rings. The van der Waals surface area contributed by atoms with Crippen molar-refractivity contribution in [3.63, 3.8) is 0 Å². The summed E-state index contributed by atoms with van der Waals surface area (Å²) in [5.74, 6) is 0. The van der Waals surface area contributed by atoms with Crippen LogP contribution in [0.25, 0.3) is 0 Å². The van der Waals surface area contributed by atoms with Crippen molar-refractivity contribution in [1.82, 2.24) is 5.32 Å². The third-order valence-corrected chi connectivity index (χ3v) is 2.33. The van der Waals surface area contributed by atoms with E-state index in [9.17, 15) is 0 Å². The van der Waals surface area contributed by atoms with Gasteiger partial charge in [-0.2, -0.15) is 0 Å². The van der Waals surface area contributed by atoms with E-state index in [2.05, 4.69) is 16.5 Å². The summed E-state index contributed by atoms with van der Waals surface area (Å²) in [6, 6.07) is 0. The second kappa shape index (κ2) is 1.81. The molecule has 0 aliphatic carbocycles. The second-order valence-electron chi connectivity index (χ2n) is 3.00. The van der Waals surface area contributed by atoms with E-state index in [0.717, 1.165) is 13.1 Å². The summed E-state index contributed by atoms with van der Waals surface area (Å²) < 4.78 is 0. The third kappa shape index (κ3) is 0.778. The van der Waals surface area contributed by atoms with E-state index in [-0.39, 0.29) is 0 Å². The summed E-state index contributed by atoms with van der Waals surface area (Å²) in [7, 11) is 0. The predicted octanol–water partition coefficient (Wildman–Crippen LogP) is 0.583. The van der Waals surface area contributed by atoms with Crippen molar-refractivity contribution < 1.29 is 0 Å². The Morgan fingerprint density at radius 3 is 3.00 bits per heavy atom. The maximum atomic E-state index is 4.48. The van der Waals surface area contributed by atoms with Crippen LogP contribution in [-0.4, -0.2) is 24.8 Å². The molecule has 2 aliphatic rings. The number of rotatable bonds is 0. The molecule has 1 N–H and O–H groups in total. The maximum absolute atomic E-state index is 4.48. The smallest absolute Gasteiger partial charge is 0.0743 e. The summed E-state index contributed by atoms with van der Waals surface area (Å²) in [6.45, 7) is 2.28. The largest absolute Gasteiger partial charge is 0.314 e. The molecule has 50 valence electrons. The molecule has 2 aliphatic heterocycles. The third-order valence-electron chi connectivity index (χ3n) is 2.33. The zero-order chi connectivity index (χ0) is 6.16. The van der Waals surface area contributed by atoms with Gasteiger partial charge < -0.3 is 5.32 Å². The monoisotopic (exact) mass is 124 g/mol. The summed E-state index contributed by atoms with van der Waals surface area (Å²) >= 11 is 0. The molecule has 1 spiro atoms. The lowest BCUT2D eigenvalue weighted by Gasteiger charge is -2.16. The molecule has 0 radical (unpaired) electrons. The molecule has 2 heteroatoms. The van der Waals surface area contributed by atoms with E-state index >= 15 is 0 Å². The van der Waals surface area contributed by atoms with Gasteiger partial charge in [0.1, 0.15) is 0 Å². The normalized spacial score (nSPS) is 40.9. The summed E-state index contributed by atoms with van der Waals surface area (Å²) in [5.41, 5.74) is 0.347. The first kappa shape index (κ1) is 5.42. The first-order chi connectivity index (χ1) is 4.41. The Bertz CT molecular complexity index is 134. The average Bonchev–Trinajstić information content (AvgIpc) is 2.45. The first-order valence-electron chi connectivity index (χ1n) is 3.66. The summed E-state index contributed by atoms with van der Waals surface area (Å²) in [4.78, 5) is 4.48. The zero-order valence-electron chi connectivity index (χ0n) is 5.56. The number of nitrogens with zero attached hydrogens (tertiary/aromatic N) is 1. The number of hydrogen-bond acceptors (Lipinski definition) is 2. The fraction of sp³-hybridized carbons (Fsp3) is 0.857. The Kier molecular flexibility index (Phi) is 1.09. The van der Waals surface area contributed by atoms with E-state index in [1.807, 2.05) is 0 Å². The van der Waals surface area contributed by atoms with Crippen LogP contribution in [0.5, 0.6) is 0 Å². The van der Waals surface area contributed by atoms with Gasteiger partial charge in [-0.3, -0.25) is 4.99 Å². The quantitative estimate of drug-likeness (QED) is 0.502. The second-order valence-corrected chi connectivity index (χ2v) is 3.00. The van der Waals surface area contributed by atoms with E-state index in [0.29, 0.717) is 5.54 Å². The molecule has 2 heterocycles. The molecule has 2 nitrogen and oxygen atoms in total. The average molecular weight is 124 g/mol. The van der Waals surface area contributed by atoms with Gasteiger partial charge in [-0.15, -0.1) is 0 Å². The lowest BCUT2D eigenvalue weighted by Crippen LogP contribution is -2.25. The Balaban J connectivity index is 2.13. The van der Waals surface area contributed by atoms with Crippen LogP contribution in [0.3, 0.4) is 0 Å². The van der Waals surface area contributed by atoms with E-state index < -0.39 is 0 Å². The van der Waals surface area contributed by atoms with Crippen molar-refractivity contribution in [2.45, 2.75) is 24.8 Å². The van der Waals surface area contributed by atoms with Crippen molar-refractivity contribution in [3.05, 3.63) is 0 Å². The SMILES string of the molecule is C1=NC2(CC1)CCNC2. The van der Waals surface area contributed by atoms with Crippen LogP contribution in [0, 0.1) is 0 Å². The topological polar surface area (TPSA) is 24.4 Å².